The summed E-state index contributed by atoms with van der Waals surface area (Å²) in [6.45, 7) is 5.72. The van der Waals surface area contributed by atoms with Gasteiger partial charge >= 0.3 is 0 Å². The van der Waals surface area contributed by atoms with E-state index in [9.17, 15) is 9.50 Å². The molecule has 0 saturated carbocycles. The number of hydrogen-bond donors (Lipinski definition) is 1. The molecule has 0 saturated heterocycles. The number of halogens is 2. The van der Waals surface area contributed by atoms with Gasteiger partial charge in [-0.25, -0.2) is 9.37 Å². The first kappa shape index (κ1) is 23.0. The number of rotatable bonds is 8. The van der Waals surface area contributed by atoms with Crippen LogP contribution in [-0.2, 0) is 16.7 Å². The lowest BCUT2D eigenvalue weighted by Gasteiger charge is -2.29. The molecule has 11 heteroatoms. The smallest absolute Gasteiger partial charge is 0.203 e. The van der Waals surface area contributed by atoms with E-state index in [4.69, 9.17) is 20.9 Å². The third-order valence-electron chi connectivity index (χ3n) is 5.18. The third kappa shape index (κ3) is 4.63. The van der Waals surface area contributed by atoms with Crippen molar-refractivity contribution in [3.63, 3.8) is 0 Å². The molecular weight excluding hydrogens is 451 g/mol. The largest absolute Gasteiger partial charge is 0.367 e. The Kier molecular flexibility index (Phi) is 6.50. The third-order valence-corrected chi connectivity index (χ3v) is 5.45. The highest BCUT2D eigenvalue weighted by Gasteiger charge is 2.35. The fourth-order valence-corrected chi connectivity index (χ4v) is 3.64. The molecule has 3 heterocycles. The summed E-state index contributed by atoms with van der Waals surface area (Å²) in [5.74, 6) is -0.177. The first-order valence-corrected chi connectivity index (χ1v) is 10.6. The van der Waals surface area contributed by atoms with Gasteiger partial charge in [0.05, 0.1) is 17.7 Å². The minimum absolute atomic E-state index is 0.0652. The summed E-state index contributed by atoms with van der Waals surface area (Å²) < 4.78 is 26.1. The Bertz CT molecular complexity index is 1240. The van der Waals surface area contributed by atoms with Crippen molar-refractivity contribution in [2.75, 3.05) is 6.61 Å². The van der Waals surface area contributed by atoms with E-state index in [1.165, 1.54) is 12.3 Å². The SMILES string of the molecule is CCOC(O)C(C)(C)c1nnc(-c2cc(-c3ccon3)n(Cc3ccccc3F)n2)nc1Cl. The maximum atomic E-state index is 14.3. The summed E-state index contributed by atoms with van der Waals surface area (Å²) in [6.07, 6.45) is 0.297. The fraction of sp³-hybridized carbons (Fsp3) is 0.318. The summed E-state index contributed by atoms with van der Waals surface area (Å²) in [7, 11) is 0. The van der Waals surface area contributed by atoms with Crippen molar-refractivity contribution in [3.05, 3.63) is 64.9 Å². The molecule has 0 aliphatic carbocycles. The van der Waals surface area contributed by atoms with E-state index in [2.05, 4.69) is 25.4 Å². The van der Waals surface area contributed by atoms with Gasteiger partial charge in [-0.3, -0.25) is 4.68 Å². The second kappa shape index (κ2) is 9.34. The summed E-state index contributed by atoms with van der Waals surface area (Å²) in [5.41, 5.74) is 1.27. The number of benzene rings is 1. The van der Waals surface area contributed by atoms with E-state index < -0.39 is 11.7 Å². The second-order valence-electron chi connectivity index (χ2n) is 7.85. The van der Waals surface area contributed by atoms with Crippen LogP contribution in [0.15, 0.2) is 47.2 Å². The molecule has 172 valence electrons. The molecule has 1 atom stereocenters. The van der Waals surface area contributed by atoms with Crippen LogP contribution >= 0.6 is 11.6 Å². The lowest BCUT2D eigenvalue weighted by molar-refractivity contribution is -0.136. The van der Waals surface area contributed by atoms with Crippen LogP contribution < -0.4 is 0 Å². The zero-order valence-electron chi connectivity index (χ0n) is 18.2. The molecule has 0 spiro atoms. The van der Waals surface area contributed by atoms with Crippen molar-refractivity contribution in [2.24, 2.45) is 0 Å². The molecule has 4 rings (SSSR count). The zero-order valence-corrected chi connectivity index (χ0v) is 19.0. The summed E-state index contributed by atoms with van der Waals surface area (Å²) in [4.78, 5) is 4.34. The van der Waals surface area contributed by atoms with Crippen molar-refractivity contribution < 1.29 is 18.8 Å². The minimum atomic E-state index is -1.14. The van der Waals surface area contributed by atoms with E-state index in [-0.39, 0.29) is 29.0 Å². The predicted molar refractivity (Wildman–Crippen MR) is 118 cm³/mol. The topological polar surface area (TPSA) is 112 Å². The average Bonchev–Trinajstić information content (AvgIpc) is 3.45. The van der Waals surface area contributed by atoms with Gasteiger partial charge in [0.2, 0.25) is 5.82 Å². The van der Waals surface area contributed by atoms with Crippen LogP contribution in [0.1, 0.15) is 32.0 Å². The van der Waals surface area contributed by atoms with Crippen LogP contribution in [0.4, 0.5) is 4.39 Å². The monoisotopic (exact) mass is 472 g/mol. The molecule has 3 aromatic heterocycles. The maximum absolute atomic E-state index is 14.3. The predicted octanol–water partition coefficient (Wildman–Crippen LogP) is 3.86. The molecule has 1 N–H and O–H groups in total. The number of nitrogens with zero attached hydrogens (tertiary/aromatic N) is 6. The average molecular weight is 473 g/mol. The number of aliphatic hydroxyl groups excluding tert-OH is 1. The molecule has 1 unspecified atom stereocenters. The number of aliphatic hydroxyl groups is 1. The quantitative estimate of drug-likeness (QED) is 0.385. The molecule has 9 nitrogen and oxygen atoms in total. The van der Waals surface area contributed by atoms with Gasteiger partial charge in [0.25, 0.3) is 0 Å². The van der Waals surface area contributed by atoms with Crippen LogP contribution in [0.5, 0.6) is 0 Å². The van der Waals surface area contributed by atoms with Crippen LogP contribution in [0.25, 0.3) is 22.9 Å². The number of aromatic nitrogens is 6. The van der Waals surface area contributed by atoms with Crippen molar-refractivity contribution in [1.82, 2.24) is 30.1 Å². The highest BCUT2D eigenvalue weighted by molar-refractivity contribution is 6.30. The lowest BCUT2D eigenvalue weighted by atomic mass is 9.89. The van der Waals surface area contributed by atoms with Crippen molar-refractivity contribution >= 4 is 11.6 Å². The molecule has 0 aliphatic heterocycles. The van der Waals surface area contributed by atoms with Gasteiger partial charge in [0.15, 0.2) is 11.4 Å². The Morgan fingerprint density at radius 2 is 2.00 bits per heavy atom. The minimum Gasteiger partial charge on any atom is -0.367 e. The Morgan fingerprint density at radius 3 is 2.67 bits per heavy atom. The Labute approximate surface area is 194 Å². The Balaban J connectivity index is 1.72. The highest BCUT2D eigenvalue weighted by atomic mass is 35.5. The fourth-order valence-electron chi connectivity index (χ4n) is 3.28. The van der Waals surface area contributed by atoms with Crippen molar-refractivity contribution in [3.8, 4) is 22.9 Å². The van der Waals surface area contributed by atoms with Crippen LogP contribution in [0, 0.1) is 5.82 Å². The number of hydrogen-bond acceptors (Lipinski definition) is 8. The molecule has 0 amide bonds. The lowest BCUT2D eigenvalue weighted by Crippen LogP contribution is -2.37. The Hall–Kier alpha value is -3.21. The van der Waals surface area contributed by atoms with Gasteiger partial charge < -0.3 is 14.4 Å². The maximum Gasteiger partial charge on any atom is 0.203 e. The standard InChI is InChI=1S/C22H22ClFN6O3/c1-4-32-21(31)22(2,3)18-19(23)25-20(27-26-18)16-11-17(15-9-10-33-29-15)30(28-16)12-13-7-5-6-8-14(13)24/h5-11,21,31H,4,12H2,1-3H3. The van der Waals surface area contributed by atoms with E-state index in [0.29, 0.717) is 29.3 Å². The van der Waals surface area contributed by atoms with Gasteiger partial charge in [0, 0.05) is 18.2 Å². The van der Waals surface area contributed by atoms with E-state index in [1.54, 1.807) is 55.8 Å². The van der Waals surface area contributed by atoms with Gasteiger partial charge in [-0.05, 0) is 32.9 Å². The van der Waals surface area contributed by atoms with E-state index >= 15 is 0 Å². The number of ether oxygens (including phenoxy) is 1. The van der Waals surface area contributed by atoms with Gasteiger partial charge in [-0.2, -0.15) is 5.10 Å². The van der Waals surface area contributed by atoms with E-state index in [0.717, 1.165) is 0 Å². The second-order valence-corrected chi connectivity index (χ2v) is 8.21. The molecule has 1 aromatic carbocycles. The molecule has 0 radical (unpaired) electrons. The first-order valence-electron chi connectivity index (χ1n) is 10.2. The normalized spacial score (nSPS) is 12.8. The van der Waals surface area contributed by atoms with Crippen LogP contribution in [0.2, 0.25) is 5.15 Å². The molecule has 0 fully saturated rings. The van der Waals surface area contributed by atoms with Crippen LogP contribution in [-0.4, -0.2) is 48.1 Å². The van der Waals surface area contributed by atoms with Crippen molar-refractivity contribution in [1.29, 1.82) is 0 Å². The zero-order chi connectivity index (χ0) is 23.6. The molecule has 33 heavy (non-hydrogen) atoms. The van der Waals surface area contributed by atoms with Gasteiger partial charge in [-0.1, -0.05) is 35.0 Å². The van der Waals surface area contributed by atoms with Crippen molar-refractivity contribution in [2.45, 2.75) is 39.0 Å². The summed E-state index contributed by atoms with van der Waals surface area (Å²) in [5, 5.41) is 27.3. The molecule has 4 aromatic rings. The van der Waals surface area contributed by atoms with Gasteiger partial charge in [0.1, 0.15) is 29.2 Å². The molecule has 0 aliphatic rings. The molecule has 0 bridgehead atoms. The molecular formula is C22H22ClFN6O3. The Morgan fingerprint density at radius 1 is 1.21 bits per heavy atom. The highest BCUT2D eigenvalue weighted by Crippen LogP contribution is 2.32. The first-order chi connectivity index (χ1) is 15.8. The van der Waals surface area contributed by atoms with Crippen LogP contribution in [0.3, 0.4) is 0 Å². The summed E-state index contributed by atoms with van der Waals surface area (Å²) >= 11 is 6.41. The van der Waals surface area contributed by atoms with Gasteiger partial charge in [-0.15, -0.1) is 10.2 Å². The van der Waals surface area contributed by atoms with E-state index in [1.807, 2.05) is 0 Å². The summed E-state index contributed by atoms with van der Waals surface area (Å²) in [6, 6.07) is 9.82.